The van der Waals surface area contributed by atoms with E-state index in [2.05, 4.69) is 14.8 Å². The Morgan fingerprint density at radius 2 is 1.66 bits per heavy atom. The molecule has 1 aliphatic heterocycles. The van der Waals surface area contributed by atoms with Gasteiger partial charge in [0.1, 0.15) is 11.6 Å². The second kappa shape index (κ2) is 10.8. The van der Waals surface area contributed by atoms with E-state index in [1.165, 1.54) is 17.0 Å². The van der Waals surface area contributed by atoms with Gasteiger partial charge in [0.2, 0.25) is 0 Å². The van der Waals surface area contributed by atoms with Gasteiger partial charge in [0.15, 0.2) is 0 Å². The Bertz CT molecular complexity index is 1120. The van der Waals surface area contributed by atoms with Crippen LogP contribution in [0.5, 0.6) is 5.75 Å². The number of aromatic nitrogens is 1. The summed E-state index contributed by atoms with van der Waals surface area (Å²) in [6.07, 6.45) is -2.86. The van der Waals surface area contributed by atoms with Crippen LogP contribution in [0.4, 0.5) is 24.7 Å². The SMILES string of the molecule is COc1ccccc1N1CCN(CCN(C(=O)c2ccc(C(F)(F)F)cc2)c2ccccn2)CC1. The first-order chi connectivity index (χ1) is 16.9. The molecule has 1 saturated heterocycles. The number of para-hydroxylation sites is 2. The number of nitrogens with zero attached hydrogens (tertiary/aromatic N) is 4. The molecule has 9 heteroatoms. The maximum absolute atomic E-state index is 13.3. The van der Waals surface area contributed by atoms with Crippen LogP contribution in [0, 0.1) is 0 Å². The van der Waals surface area contributed by atoms with Crippen molar-refractivity contribution in [2.75, 3.05) is 56.2 Å². The number of benzene rings is 2. The van der Waals surface area contributed by atoms with Crippen molar-refractivity contribution in [3.05, 3.63) is 84.1 Å². The van der Waals surface area contributed by atoms with Crippen LogP contribution in [-0.4, -0.2) is 62.2 Å². The fraction of sp³-hybridized carbons (Fsp3) is 0.308. The Morgan fingerprint density at radius 1 is 0.971 bits per heavy atom. The zero-order chi connectivity index (χ0) is 24.8. The summed E-state index contributed by atoms with van der Waals surface area (Å²) in [6, 6.07) is 17.5. The quantitative estimate of drug-likeness (QED) is 0.492. The van der Waals surface area contributed by atoms with Gasteiger partial charge in [-0.3, -0.25) is 14.6 Å². The van der Waals surface area contributed by atoms with E-state index in [9.17, 15) is 18.0 Å². The van der Waals surface area contributed by atoms with E-state index in [1.807, 2.05) is 24.3 Å². The molecule has 0 saturated carbocycles. The fourth-order valence-electron chi connectivity index (χ4n) is 4.14. The van der Waals surface area contributed by atoms with Crippen molar-refractivity contribution in [1.82, 2.24) is 9.88 Å². The molecule has 0 spiro atoms. The van der Waals surface area contributed by atoms with Gasteiger partial charge in [-0.1, -0.05) is 18.2 Å². The fourth-order valence-corrected chi connectivity index (χ4v) is 4.14. The van der Waals surface area contributed by atoms with Gasteiger partial charge in [0.25, 0.3) is 5.91 Å². The average molecular weight is 485 g/mol. The second-order valence-corrected chi connectivity index (χ2v) is 8.22. The molecule has 1 fully saturated rings. The minimum Gasteiger partial charge on any atom is -0.495 e. The van der Waals surface area contributed by atoms with Crippen molar-refractivity contribution >= 4 is 17.4 Å². The Labute approximate surface area is 202 Å². The predicted octanol–water partition coefficient (Wildman–Crippen LogP) is 4.58. The Hall–Kier alpha value is -3.59. The van der Waals surface area contributed by atoms with Gasteiger partial charge < -0.3 is 9.64 Å². The molecule has 0 radical (unpaired) electrons. The Morgan fingerprint density at radius 3 is 2.29 bits per heavy atom. The van der Waals surface area contributed by atoms with E-state index in [4.69, 9.17) is 4.74 Å². The molecule has 2 heterocycles. The van der Waals surface area contributed by atoms with Gasteiger partial charge in [-0.15, -0.1) is 0 Å². The summed E-state index contributed by atoms with van der Waals surface area (Å²) in [5.41, 5.74) is 0.457. The number of methoxy groups -OCH3 is 1. The lowest BCUT2D eigenvalue weighted by Gasteiger charge is -2.37. The molecule has 1 amide bonds. The summed E-state index contributed by atoms with van der Waals surface area (Å²) in [7, 11) is 1.66. The van der Waals surface area contributed by atoms with Crippen LogP contribution in [0.1, 0.15) is 15.9 Å². The number of hydrogen-bond donors (Lipinski definition) is 0. The summed E-state index contributed by atoms with van der Waals surface area (Å²) in [6.45, 7) is 4.23. The molecule has 3 aromatic rings. The first-order valence-corrected chi connectivity index (χ1v) is 11.4. The third kappa shape index (κ3) is 5.92. The van der Waals surface area contributed by atoms with E-state index < -0.39 is 11.7 Å². The van der Waals surface area contributed by atoms with E-state index >= 15 is 0 Å². The van der Waals surface area contributed by atoms with Crippen LogP contribution < -0.4 is 14.5 Å². The topological polar surface area (TPSA) is 48.9 Å². The molecule has 0 N–H and O–H groups in total. The summed E-state index contributed by atoms with van der Waals surface area (Å²) in [5, 5.41) is 0. The van der Waals surface area contributed by atoms with Crippen molar-refractivity contribution in [3.8, 4) is 5.75 Å². The number of anilines is 2. The molecular weight excluding hydrogens is 457 g/mol. The van der Waals surface area contributed by atoms with Gasteiger partial charge >= 0.3 is 6.18 Å². The number of ether oxygens (including phenoxy) is 1. The third-order valence-electron chi connectivity index (χ3n) is 6.07. The van der Waals surface area contributed by atoms with Crippen LogP contribution in [0.2, 0.25) is 0 Å². The molecule has 1 aromatic heterocycles. The summed E-state index contributed by atoms with van der Waals surface area (Å²) < 4.78 is 44.3. The lowest BCUT2D eigenvalue weighted by molar-refractivity contribution is -0.137. The maximum atomic E-state index is 13.3. The van der Waals surface area contributed by atoms with Crippen molar-refractivity contribution in [2.24, 2.45) is 0 Å². The average Bonchev–Trinajstić information content (AvgIpc) is 2.89. The molecule has 0 unspecified atom stereocenters. The van der Waals surface area contributed by atoms with Crippen molar-refractivity contribution in [2.45, 2.75) is 6.18 Å². The van der Waals surface area contributed by atoms with Gasteiger partial charge in [0, 0.05) is 51.0 Å². The standard InChI is InChI=1S/C26H27F3N4O2/c1-35-23-7-3-2-6-22(23)32-17-14-31(15-18-32)16-19-33(24-8-4-5-13-30-24)25(34)20-9-11-21(12-10-20)26(27,28)29/h2-13H,14-19H2,1H3. The molecule has 6 nitrogen and oxygen atoms in total. The minimum absolute atomic E-state index is 0.185. The second-order valence-electron chi connectivity index (χ2n) is 8.22. The number of halogens is 3. The van der Waals surface area contributed by atoms with Crippen LogP contribution in [0.15, 0.2) is 72.9 Å². The number of hydrogen-bond acceptors (Lipinski definition) is 5. The molecule has 2 aromatic carbocycles. The van der Waals surface area contributed by atoms with E-state index in [1.54, 1.807) is 31.5 Å². The predicted molar refractivity (Wildman–Crippen MR) is 129 cm³/mol. The minimum atomic E-state index is -4.45. The number of piperazine rings is 1. The molecule has 4 rings (SSSR count). The highest BCUT2D eigenvalue weighted by Crippen LogP contribution is 2.30. The highest BCUT2D eigenvalue weighted by atomic mass is 19.4. The molecule has 35 heavy (non-hydrogen) atoms. The van der Waals surface area contributed by atoms with Crippen LogP contribution in [0.3, 0.4) is 0 Å². The third-order valence-corrected chi connectivity index (χ3v) is 6.07. The number of pyridine rings is 1. The zero-order valence-corrected chi connectivity index (χ0v) is 19.4. The Balaban J connectivity index is 1.42. The number of rotatable bonds is 7. The van der Waals surface area contributed by atoms with Gasteiger partial charge in [-0.05, 0) is 48.5 Å². The van der Waals surface area contributed by atoms with E-state index in [0.29, 0.717) is 18.9 Å². The monoisotopic (exact) mass is 484 g/mol. The van der Waals surface area contributed by atoms with Crippen LogP contribution >= 0.6 is 0 Å². The van der Waals surface area contributed by atoms with Crippen molar-refractivity contribution < 1.29 is 22.7 Å². The summed E-state index contributed by atoms with van der Waals surface area (Å²) in [5.74, 6) is 0.916. The zero-order valence-electron chi connectivity index (χ0n) is 19.4. The van der Waals surface area contributed by atoms with Crippen molar-refractivity contribution in [1.29, 1.82) is 0 Å². The molecule has 1 aliphatic rings. The smallest absolute Gasteiger partial charge is 0.416 e. The number of carbonyl (C=O) groups excluding carboxylic acids is 1. The molecule has 0 aliphatic carbocycles. The first kappa shape index (κ1) is 24.5. The molecule has 0 atom stereocenters. The lowest BCUT2D eigenvalue weighted by Crippen LogP contribution is -2.49. The summed E-state index contributed by atoms with van der Waals surface area (Å²) in [4.78, 5) is 23.6. The maximum Gasteiger partial charge on any atom is 0.416 e. The van der Waals surface area contributed by atoms with Crippen molar-refractivity contribution in [3.63, 3.8) is 0 Å². The van der Waals surface area contributed by atoms with E-state index in [-0.39, 0.29) is 11.5 Å². The molecule has 0 bridgehead atoms. The molecular formula is C26H27F3N4O2. The lowest BCUT2D eigenvalue weighted by atomic mass is 10.1. The number of alkyl halides is 3. The highest BCUT2D eigenvalue weighted by Gasteiger charge is 2.31. The summed E-state index contributed by atoms with van der Waals surface area (Å²) >= 11 is 0. The van der Waals surface area contributed by atoms with Crippen LogP contribution in [-0.2, 0) is 6.18 Å². The largest absolute Gasteiger partial charge is 0.495 e. The Kier molecular flexibility index (Phi) is 7.55. The van der Waals surface area contributed by atoms with Gasteiger partial charge in [-0.2, -0.15) is 13.2 Å². The van der Waals surface area contributed by atoms with Gasteiger partial charge in [-0.25, -0.2) is 4.98 Å². The van der Waals surface area contributed by atoms with Crippen LogP contribution in [0.25, 0.3) is 0 Å². The number of carbonyl (C=O) groups is 1. The number of amides is 1. The van der Waals surface area contributed by atoms with Gasteiger partial charge in [0.05, 0.1) is 18.4 Å². The normalized spacial score (nSPS) is 14.6. The first-order valence-electron chi connectivity index (χ1n) is 11.4. The van der Waals surface area contributed by atoms with E-state index in [0.717, 1.165) is 49.7 Å². The molecule has 184 valence electrons. The highest BCUT2D eigenvalue weighted by molar-refractivity contribution is 6.05.